The van der Waals surface area contributed by atoms with Crippen LogP contribution in [0.15, 0.2) is 66.7 Å². The number of nitrogens with one attached hydrogen (secondary N) is 2. The van der Waals surface area contributed by atoms with E-state index in [1.165, 1.54) is 0 Å². The van der Waals surface area contributed by atoms with Gasteiger partial charge < -0.3 is 10.6 Å². The van der Waals surface area contributed by atoms with Crippen LogP contribution in [-0.4, -0.2) is 11.8 Å². The second-order valence-corrected chi connectivity index (χ2v) is 6.58. The van der Waals surface area contributed by atoms with Gasteiger partial charge in [0.15, 0.2) is 0 Å². The Morgan fingerprint density at radius 2 is 1.63 bits per heavy atom. The number of carbonyl (C=O) groups excluding carboxylic acids is 2. The van der Waals surface area contributed by atoms with E-state index in [1.807, 2.05) is 31.2 Å². The van der Waals surface area contributed by atoms with E-state index in [9.17, 15) is 9.59 Å². The third-order valence-electron chi connectivity index (χ3n) is 3.99. The first-order valence-electron chi connectivity index (χ1n) is 8.43. The van der Waals surface area contributed by atoms with Crippen molar-refractivity contribution in [3.8, 4) is 0 Å². The molecule has 3 aromatic rings. The number of hydrogen-bond donors (Lipinski definition) is 2. The van der Waals surface area contributed by atoms with Gasteiger partial charge in [-0.1, -0.05) is 41.4 Å². The molecule has 4 nitrogen and oxygen atoms in total. The van der Waals surface area contributed by atoms with Crippen LogP contribution in [0.4, 0.5) is 5.69 Å². The van der Waals surface area contributed by atoms with Crippen molar-refractivity contribution in [1.82, 2.24) is 5.32 Å². The fraction of sp³-hybridized carbons (Fsp3) is 0.0909. The Labute approximate surface area is 163 Å². The van der Waals surface area contributed by atoms with Crippen molar-refractivity contribution in [2.24, 2.45) is 0 Å². The summed E-state index contributed by atoms with van der Waals surface area (Å²) in [5, 5.41) is 6.28. The number of hydrogen-bond acceptors (Lipinski definition) is 2. The van der Waals surface area contributed by atoms with E-state index in [1.54, 1.807) is 42.5 Å². The predicted molar refractivity (Wildman–Crippen MR) is 107 cm³/mol. The summed E-state index contributed by atoms with van der Waals surface area (Å²) < 4.78 is 0. The minimum atomic E-state index is -0.243. The molecule has 0 aromatic heterocycles. The standard InChI is InChI=1S/C22H18ClN2O2/c1-15-5-9-17(10-6-15)22(27)25-20-4-2-3-18(13-20)21(26)24-14-16-7-11-19(23)12-8-16/h3-13H,14H2,1H3,(H,24,26)(H,25,27). The SMILES string of the molecule is Cc1ccc(C(=O)Nc2c[c]cc(C(=O)NCc3ccc(Cl)cc3)c2)cc1. The van der Waals surface area contributed by atoms with E-state index < -0.39 is 0 Å². The predicted octanol–water partition coefficient (Wildman–Crippen LogP) is 4.63. The smallest absolute Gasteiger partial charge is 0.255 e. The third-order valence-corrected chi connectivity index (χ3v) is 4.24. The van der Waals surface area contributed by atoms with Crippen LogP contribution < -0.4 is 10.6 Å². The second kappa shape index (κ2) is 8.52. The zero-order valence-electron chi connectivity index (χ0n) is 14.8. The van der Waals surface area contributed by atoms with Crippen molar-refractivity contribution < 1.29 is 9.59 Å². The maximum absolute atomic E-state index is 12.4. The first-order chi connectivity index (χ1) is 13.0. The first kappa shape index (κ1) is 18.7. The minimum absolute atomic E-state index is 0.234. The first-order valence-corrected chi connectivity index (χ1v) is 8.81. The quantitative estimate of drug-likeness (QED) is 0.681. The van der Waals surface area contributed by atoms with Crippen LogP contribution >= 0.6 is 11.6 Å². The molecule has 2 amide bonds. The van der Waals surface area contributed by atoms with E-state index >= 15 is 0 Å². The average Bonchev–Trinajstić information content (AvgIpc) is 2.68. The van der Waals surface area contributed by atoms with Crippen LogP contribution in [0.1, 0.15) is 31.8 Å². The molecule has 0 aliphatic carbocycles. The number of carbonyl (C=O) groups is 2. The van der Waals surface area contributed by atoms with Crippen molar-refractivity contribution in [1.29, 1.82) is 0 Å². The highest BCUT2D eigenvalue weighted by atomic mass is 35.5. The summed E-state index contributed by atoms with van der Waals surface area (Å²) in [4.78, 5) is 24.7. The third kappa shape index (κ3) is 5.19. The van der Waals surface area contributed by atoms with Gasteiger partial charge in [0.25, 0.3) is 11.8 Å². The number of benzene rings is 3. The van der Waals surface area contributed by atoms with E-state index in [2.05, 4.69) is 16.7 Å². The van der Waals surface area contributed by atoms with Crippen LogP contribution in [0.5, 0.6) is 0 Å². The molecule has 0 unspecified atom stereocenters. The van der Waals surface area contributed by atoms with Gasteiger partial charge in [0.1, 0.15) is 0 Å². The molecule has 135 valence electrons. The molecular weight excluding hydrogens is 360 g/mol. The van der Waals surface area contributed by atoms with Crippen molar-refractivity contribution in [2.75, 3.05) is 5.32 Å². The van der Waals surface area contributed by atoms with Gasteiger partial charge in [0.05, 0.1) is 0 Å². The number of halogens is 1. The largest absolute Gasteiger partial charge is 0.348 e. The number of aryl methyl sites for hydroxylation is 1. The summed E-state index contributed by atoms with van der Waals surface area (Å²) in [7, 11) is 0. The van der Waals surface area contributed by atoms with E-state index in [0.29, 0.717) is 28.4 Å². The molecule has 0 saturated carbocycles. The normalized spacial score (nSPS) is 10.3. The van der Waals surface area contributed by atoms with Crippen LogP contribution in [-0.2, 0) is 6.54 Å². The maximum atomic E-state index is 12.4. The van der Waals surface area contributed by atoms with Crippen molar-refractivity contribution in [2.45, 2.75) is 13.5 Å². The van der Waals surface area contributed by atoms with Crippen molar-refractivity contribution in [3.05, 3.63) is 100 Å². The molecule has 5 heteroatoms. The summed E-state index contributed by atoms with van der Waals surface area (Å²) in [5.74, 6) is -0.477. The van der Waals surface area contributed by atoms with Gasteiger partial charge in [-0.2, -0.15) is 0 Å². The van der Waals surface area contributed by atoms with Crippen LogP contribution in [0.3, 0.4) is 0 Å². The fourth-order valence-electron chi connectivity index (χ4n) is 2.47. The second-order valence-electron chi connectivity index (χ2n) is 6.14. The van der Waals surface area contributed by atoms with E-state index in [-0.39, 0.29) is 11.8 Å². The lowest BCUT2D eigenvalue weighted by Crippen LogP contribution is -2.23. The summed E-state index contributed by atoms with van der Waals surface area (Å²) in [6.07, 6.45) is 0. The minimum Gasteiger partial charge on any atom is -0.348 e. The van der Waals surface area contributed by atoms with Crippen molar-refractivity contribution in [3.63, 3.8) is 0 Å². The zero-order valence-corrected chi connectivity index (χ0v) is 15.5. The van der Waals surface area contributed by atoms with Crippen LogP contribution in [0.25, 0.3) is 0 Å². The van der Waals surface area contributed by atoms with E-state index in [4.69, 9.17) is 11.6 Å². The average molecular weight is 378 g/mol. The Hall–Kier alpha value is -3.11. The molecule has 3 rings (SSSR count). The molecule has 0 bridgehead atoms. The summed E-state index contributed by atoms with van der Waals surface area (Å²) >= 11 is 5.86. The Balaban J connectivity index is 1.63. The molecular formula is C22H18ClN2O2. The highest BCUT2D eigenvalue weighted by Gasteiger charge is 2.09. The number of amides is 2. The molecule has 0 spiro atoms. The monoisotopic (exact) mass is 377 g/mol. The molecule has 27 heavy (non-hydrogen) atoms. The molecule has 0 saturated heterocycles. The Morgan fingerprint density at radius 1 is 0.926 bits per heavy atom. The lowest BCUT2D eigenvalue weighted by molar-refractivity contribution is 0.0949. The molecule has 1 radical (unpaired) electrons. The summed E-state index contributed by atoms with van der Waals surface area (Å²) in [5.41, 5.74) is 3.52. The zero-order chi connectivity index (χ0) is 19.2. The molecule has 2 N–H and O–H groups in total. The summed E-state index contributed by atoms with van der Waals surface area (Å²) in [6.45, 7) is 2.35. The van der Waals surface area contributed by atoms with E-state index in [0.717, 1.165) is 11.1 Å². The Bertz CT molecular complexity index is 951. The van der Waals surface area contributed by atoms with Gasteiger partial charge in [0, 0.05) is 28.4 Å². The van der Waals surface area contributed by atoms with Gasteiger partial charge in [-0.25, -0.2) is 0 Å². The number of rotatable bonds is 5. The highest BCUT2D eigenvalue weighted by molar-refractivity contribution is 6.30. The highest BCUT2D eigenvalue weighted by Crippen LogP contribution is 2.13. The number of anilines is 1. The molecule has 0 aliphatic heterocycles. The molecule has 0 aliphatic rings. The van der Waals surface area contributed by atoms with Crippen molar-refractivity contribution >= 4 is 29.1 Å². The fourth-order valence-corrected chi connectivity index (χ4v) is 2.60. The molecule has 3 aromatic carbocycles. The lowest BCUT2D eigenvalue weighted by Gasteiger charge is -2.09. The van der Waals surface area contributed by atoms with Gasteiger partial charge in [-0.3, -0.25) is 9.59 Å². The van der Waals surface area contributed by atoms with Gasteiger partial charge >= 0.3 is 0 Å². The molecule has 0 heterocycles. The topological polar surface area (TPSA) is 58.2 Å². The summed E-state index contributed by atoms with van der Waals surface area (Å²) in [6, 6.07) is 22.3. The maximum Gasteiger partial charge on any atom is 0.255 e. The molecule has 0 atom stereocenters. The lowest BCUT2D eigenvalue weighted by atomic mass is 10.1. The van der Waals surface area contributed by atoms with Gasteiger partial charge in [-0.05, 0) is 61.0 Å². The molecule has 0 fully saturated rings. The van der Waals surface area contributed by atoms with Gasteiger partial charge in [0.2, 0.25) is 0 Å². The van der Waals surface area contributed by atoms with Crippen LogP contribution in [0, 0.1) is 13.0 Å². The Kier molecular flexibility index (Phi) is 5.89. The van der Waals surface area contributed by atoms with Gasteiger partial charge in [-0.15, -0.1) is 0 Å². The Morgan fingerprint density at radius 3 is 2.33 bits per heavy atom. The van der Waals surface area contributed by atoms with Crippen LogP contribution in [0.2, 0.25) is 5.02 Å².